The number of ether oxygens (including phenoxy) is 2. The summed E-state index contributed by atoms with van der Waals surface area (Å²) in [5, 5.41) is 10.7. The summed E-state index contributed by atoms with van der Waals surface area (Å²) in [7, 11) is 0. The molecule has 0 aliphatic rings. The number of hydrogen-bond donors (Lipinski definition) is 2. The third-order valence-corrected chi connectivity index (χ3v) is 3.81. The second-order valence-electron chi connectivity index (χ2n) is 6.77. The third-order valence-electron chi connectivity index (χ3n) is 2.78. The van der Waals surface area contributed by atoms with E-state index in [0.29, 0.717) is 11.8 Å². The first-order valence-electron chi connectivity index (χ1n) is 7.27. The van der Waals surface area contributed by atoms with Gasteiger partial charge in [-0.15, -0.1) is 0 Å². The lowest BCUT2D eigenvalue weighted by Gasteiger charge is -2.30. The van der Waals surface area contributed by atoms with E-state index in [4.69, 9.17) is 9.47 Å². The molecule has 2 atom stereocenters. The number of carbonyl (C=O) groups is 4. The van der Waals surface area contributed by atoms with E-state index in [-0.39, 0.29) is 0 Å². The minimum atomic E-state index is -1.29. The molecule has 0 radical (unpaired) electrons. The first kappa shape index (κ1) is 22.2. The van der Waals surface area contributed by atoms with Crippen LogP contribution in [0.2, 0.25) is 0 Å². The van der Waals surface area contributed by atoms with Crippen molar-refractivity contribution in [3.05, 3.63) is 0 Å². The Bertz CT molecular complexity index is 510. The molecule has 0 rings (SSSR count). The fourth-order valence-corrected chi connectivity index (χ4v) is 2.41. The van der Waals surface area contributed by atoms with E-state index >= 15 is 0 Å². The van der Waals surface area contributed by atoms with Crippen LogP contribution in [0.4, 0.5) is 4.79 Å². The summed E-state index contributed by atoms with van der Waals surface area (Å²) >= 11 is 0.595. The molecular weight excluding hydrogens is 338 g/mol. The summed E-state index contributed by atoms with van der Waals surface area (Å²) in [4.78, 5) is 46.1. The van der Waals surface area contributed by atoms with E-state index in [1.165, 1.54) is 27.7 Å². The fraction of sp³-hybridized carbons (Fsp3) is 0.733. The second kappa shape index (κ2) is 8.36. The lowest BCUT2D eigenvalue weighted by Crippen LogP contribution is -2.52. The molecule has 9 heteroatoms. The zero-order valence-corrected chi connectivity index (χ0v) is 15.8. The molecule has 0 heterocycles. The summed E-state index contributed by atoms with van der Waals surface area (Å²) in [5.74, 6) is -2.34. The molecule has 0 bridgehead atoms. The van der Waals surface area contributed by atoms with Crippen molar-refractivity contribution >= 4 is 34.9 Å². The SMILES string of the molecule is CC(=O)N[C@@H](C(=O)O)C(C)(C)SC(=O)O[C@@H](C)OC(=O)C(C)(C)C. The highest BCUT2D eigenvalue weighted by Crippen LogP contribution is 2.31. The van der Waals surface area contributed by atoms with Gasteiger partial charge in [-0.3, -0.25) is 9.59 Å². The minimum absolute atomic E-state index is 0.531. The number of carbonyl (C=O) groups excluding carboxylic acids is 3. The predicted octanol–water partition coefficient (Wildman–Crippen LogP) is 2.16. The Balaban J connectivity index is 4.80. The molecular formula is C15H25NO7S. The third kappa shape index (κ3) is 7.67. The van der Waals surface area contributed by atoms with Gasteiger partial charge in [0.1, 0.15) is 6.04 Å². The molecule has 1 amide bonds. The van der Waals surface area contributed by atoms with Gasteiger partial charge in [0.15, 0.2) is 0 Å². The van der Waals surface area contributed by atoms with Gasteiger partial charge in [-0.25, -0.2) is 9.59 Å². The van der Waals surface area contributed by atoms with Gasteiger partial charge in [0.05, 0.1) is 10.2 Å². The average Bonchev–Trinajstić information content (AvgIpc) is 2.32. The number of rotatable bonds is 6. The Morgan fingerprint density at radius 2 is 1.54 bits per heavy atom. The standard InChI is InChI=1S/C15H25NO7S/c1-8(17)16-10(11(18)19)15(6,7)24-13(21)23-9(2)22-12(20)14(3,4)5/h9-10H,1-7H3,(H,16,17)(H,18,19)/t9-,10-/m0/s1. The number of hydrogen-bond acceptors (Lipinski definition) is 7. The lowest BCUT2D eigenvalue weighted by atomic mass is 9.97. The molecule has 0 saturated heterocycles. The molecule has 0 aliphatic carbocycles. The largest absolute Gasteiger partial charge is 0.480 e. The van der Waals surface area contributed by atoms with Crippen molar-refractivity contribution in [3.8, 4) is 0 Å². The molecule has 8 nitrogen and oxygen atoms in total. The van der Waals surface area contributed by atoms with Crippen molar-refractivity contribution in [2.75, 3.05) is 0 Å². The smallest absolute Gasteiger partial charge is 0.370 e. The fourth-order valence-electron chi connectivity index (χ4n) is 1.52. The Morgan fingerprint density at radius 1 is 1.04 bits per heavy atom. The number of carboxylic acid groups (broad SMARTS) is 1. The molecule has 0 spiro atoms. The second-order valence-corrected chi connectivity index (χ2v) is 8.36. The highest BCUT2D eigenvalue weighted by molar-refractivity contribution is 8.14. The van der Waals surface area contributed by atoms with Gasteiger partial charge in [-0.1, -0.05) is 0 Å². The molecule has 0 saturated carbocycles. The zero-order valence-electron chi connectivity index (χ0n) is 15.0. The molecule has 2 N–H and O–H groups in total. The maximum atomic E-state index is 12.0. The minimum Gasteiger partial charge on any atom is -0.480 e. The number of aliphatic carboxylic acids is 1. The van der Waals surface area contributed by atoms with Gasteiger partial charge < -0.3 is 19.9 Å². The van der Waals surface area contributed by atoms with Crippen molar-refractivity contribution in [1.82, 2.24) is 5.32 Å². The quantitative estimate of drug-likeness (QED) is 0.544. The Labute approximate surface area is 145 Å². The van der Waals surface area contributed by atoms with Crippen molar-refractivity contribution < 1.29 is 33.8 Å². The van der Waals surface area contributed by atoms with Crippen LogP contribution in [0, 0.1) is 5.41 Å². The van der Waals surface area contributed by atoms with Crippen LogP contribution in [0.5, 0.6) is 0 Å². The van der Waals surface area contributed by atoms with Crippen molar-refractivity contribution in [2.24, 2.45) is 5.41 Å². The van der Waals surface area contributed by atoms with Crippen LogP contribution in [0.25, 0.3) is 0 Å². The highest BCUT2D eigenvalue weighted by atomic mass is 32.2. The first-order chi connectivity index (χ1) is 10.7. The Morgan fingerprint density at radius 3 is 1.92 bits per heavy atom. The van der Waals surface area contributed by atoms with E-state index in [0.717, 1.165) is 0 Å². The molecule has 0 aromatic heterocycles. The molecule has 0 aliphatic heterocycles. The number of carboxylic acids is 1. The predicted molar refractivity (Wildman–Crippen MR) is 88.4 cm³/mol. The van der Waals surface area contributed by atoms with Crippen LogP contribution in [0.15, 0.2) is 0 Å². The van der Waals surface area contributed by atoms with E-state index in [1.54, 1.807) is 20.8 Å². The van der Waals surface area contributed by atoms with Gasteiger partial charge >= 0.3 is 17.2 Å². The highest BCUT2D eigenvalue weighted by Gasteiger charge is 2.39. The summed E-state index contributed by atoms with van der Waals surface area (Å²) in [5.41, 5.74) is -0.743. The molecule has 0 unspecified atom stereocenters. The first-order valence-corrected chi connectivity index (χ1v) is 8.09. The van der Waals surface area contributed by atoms with Gasteiger partial charge in [0.2, 0.25) is 12.2 Å². The van der Waals surface area contributed by atoms with Crippen LogP contribution in [0.1, 0.15) is 48.5 Å². The van der Waals surface area contributed by atoms with Crippen LogP contribution in [0.3, 0.4) is 0 Å². The summed E-state index contributed by atoms with van der Waals surface area (Å²) in [6.45, 7) is 10.5. The zero-order chi connectivity index (χ0) is 19.3. The number of nitrogens with one attached hydrogen (secondary N) is 1. The number of amides is 1. The normalized spacial score (nSPS) is 14.3. The van der Waals surface area contributed by atoms with E-state index in [1.807, 2.05) is 0 Å². The van der Waals surface area contributed by atoms with Crippen LogP contribution >= 0.6 is 11.8 Å². The maximum absolute atomic E-state index is 12.0. The van der Waals surface area contributed by atoms with E-state index < -0.39 is 45.6 Å². The summed E-state index contributed by atoms with van der Waals surface area (Å²) in [6.07, 6.45) is -1.11. The monoisotopic (exact) mass is 363 g/mol. The number of esters is 1. The average molecular weight is 363 g/mol. The van der Waals surface area contributed by atoms with Crippen LogP contribution in [-0.2, 0) is 23.9 Å². The molecule has 0 aromatic rings. The Hall–Kier alpha value is -1.77. The molecule has 0 fully saturated rings. The lowest BCUT2D eigenvalue weighted by molar-refractivity contribution is -0.173. The van der Waals surface area contributed by atoms with Crippen molar-refractivity contribution in [2.45, 2.75) is 65.5 Å². The van der Waals surface area contributed by atoms with Gasteiger partial charge in [0, 0.05) is 13.8 Å². The van der Waals surface area contributed by atoms with E-state index in [9.17, 15) is 24.3 Å². The molecule has 138 valence electrons. The maximum Gasteiger partial charge on any atom is 0.370 e. The van der Waals surface area contributed by atoms with Gasteiger partial charge in [-0.2, -0.15) is 0 Å². The van der Waals surface area contributed by atoms with Gasteiger partial charge in [0.25, 0.3) is 0 Å². The summed E-state index contributed by atoms with van der Waals surface area (Å²) < 4.78 is 8.78. The summed E-state index contributed by atoms with van der Waals surface area (Å²) in [6, 6.07) is -1.29. The number of thioether (sulfide) groups is 1. The molecule has 0 aromatic carbocycles. The Kier molecular flexibility index (Phi) is 7.75. The van der Waals surface area contributed by atoms with Crippen molar-refractivity contribution in [1.29, 1.82) is 0 Å². The van der Waals surface area contributed by atoms with Crippen LogP contribution < -0.4 is 5.32 Å². The van der Waals surface area contributed by atoms with Crippen LogP contribution in [-0.4, -0.2) is 45.3 Å². The molecule has 24 heavy (non-hydrogen) atoms. The topological polar surface area (TPSA) is 119 Å². The van der Waals surface area contributed by atoms with E-state index in [2.05, 4.69) is 5.32 Å². The van der Waals surface area contributed by atoms with Crippen molar-refractivity contribution in [3.63, 3.8) is 0 Å². The van der Waals surface area contributed by atoms with Gasteiger partial charge in [-0.05, 0) is 46.4 Å².